The number of hydrogen-bond acceptors (Lipinski definition) is 3. The fourth-order valence-corrected chi connectivity index (χ4v) is 2.31. The molecule has 0 spiro atoms. The van der Waals surface area contributed by atoms with Crippen molar-refractivity contribution in [1.29, 1.82) is 0 Å². The summed E-state index contributed by atoms with van der Waals surface area (Å²) in [7, 11) is 0. The molecule has 0 aromatic rings. The van der Waals surface area contributed by atoms with Gasteiger partial charge in [-0.2, -0.15) is 0 Å². The first kappa shape index (κ1) is 29.3. The van der Waals surface area contributed by atoms with Gasteiger partial charge in [-0.1, -0.05) is 74.6 Å². The van der Waals surface area contributed by atoms with Gasteiger partial charge >= 0.3 is 29.6 Å². The van der Waals surface area contributed by atoms with Crippen molar-refractivity contribution in [3.8, 4) is 0 Å². The van der Waals surface area contributed by atoms with E-state index in [2.05, 4.69) is 67.7 Å². The van der Waals surface area contributed by atoms with E-state index in [1.165, 1.54) is 0 Å². The Bertz CT molecular complexity index is 490. The Hall–Kier alpha value is -0.870. The zero-order chi connectivity index (χ0) is 20.0. The van der Waals surface area contributed by atoms with Crippen LogP contribution in [0.5, 0.6) is 0 Å². The molecular formula is C24H37NaO3. The number of carbonyl (C=O) groups excluding carboxylic acids is 1. The third kappa shape index (κ3) is 21.4. The molecule has 0 amide bonds. The van der Waals surface area contributed by atoms with Gasteiger partial charge in [-0.15, -0.1) is 0 Å². The van der Waals surface area contributed by atoms with Crippen LogP contribution in [0.2, 0.25) is 0 Å². The summed E-state index contributed by atoms with van der Waals surface area (Å²) in [6.07, 6.45) is 29.5. The molecule has 1 unspecified atom stereocenters. The molecule has 0 saturated heterocycles. The second kappa shape index (κ2) is 24.2. The predicted molar refractivity (Wildman–Crippen MR) is 113 cm³/mol. The molecule has 0 aliphatic rings. The summed E-state index contributed by atoms with van der Waals surface area (Å²) in [5.74, 6) is -1.12. The van der Waals surface area contributed by atoms with E-state index in [1.54, 1.807) is 6.92 Å². The minimum Gasteiger partial charge on any atom is -0.547 e. The maximum Gasteiger partial charge on any atom is 1.00 e. The van der Waals surface area contributed by atoms with E-state index >= 15 is 0 Å². The SMILES string of the molecule is CCC=CCC=CCC=CCC=CCC=CCCCCOC(CC)C(=O)[O-].[Na+]. The van der Waals surface area contributed by atoms with E-state index < -0.39 is 12.1 Å². The molecule has 0 N–H and O–H groups in total. The molecule has 0 rings (SSSR count). The van der Waals surface area contributed by atoms with Gasteiger partial charge < -0.3 is 14.6 Å². The summed E-state index contributed by atoms with van der Waals surface area (Å²) < 4.78 is 5.27. The monoisotopic (exact) mass is 396 g/mol. The van der Waals surface area contributed by atoms with Crippen LogP contribution in [0.3, 0.4) is 0 Å². The van der Waals surface area contributed by atoms with Crippen molar-refractivity contribution >= 4 is 5.97 Å². The second-order valence-corrected chi connectivity index (χ2v) is 6.29. The van der Waals surface area contributed by atoms with Crippen LogP contribution in [0.1, 0.15) is 71.6 Å². The first-order valence-electron chi connectivity index (χ1n) is 10.3. The first-order valence-corrected chi connectivity index (χ1v) is 10.3. The van der Waals surface area contributed by atoms with Gasteiger partial charge in [0, 0.05) is 6.61 Å². The summed E-state index contributed by atoms with van der Waals surface area (Å²) in [6, 6.07) is 0. The van der Waals surface area contributed by atoms with Crippen LogP contribution in [-0.2, 0) is 9.53 Å². The number of hydrogen-bond donors (Lipinski definition) is 0. The molecule has 0 aliphatic carbocycles. The maximum absolute atomic E-state index is 10.7. The van der Waals surface area contributed by atoms with Crippen LogP contribution >= 0.6 is 0 Å². The number of carboxylic acids is 1. The molecule has 0 saturated carbocycles. The Balaban J connectivity index is 0. The first-order chi connectivity index (χ1) is 13.2. The molecule has 0 aliphatic heterocycles. The van der Waals surface area contributed by atoms with Crippen LogP contribution in [0.4, 0.5) is 0 Å². The average molecular weight is 397 g/mol. The van der Waals surface area contributed by atoms with Crippen molar-refractivity contribution in [2.45, 2.75) is 77.7 Å². The summed E-state index contributed by atoms with van der Waals surface area (Å²) in [5, 5.41) is 10.7. The topological polar surface area (TPSA) is 49.4 Å². The predicted octanol–water partition coefficient (Wildman–Crippen LogP) is 2.46. The quantitative estimate of drug-likeness (QED) is 0.216. The fraction of sp³-hybridized carbons (Fsp3) is 0.542. The van der Waals surface area contributed by atoms with Crippen LogP contribution in [0, 0.1) is 0 Å². The van der Waals surface area contributed by atoms with E-state index in [0.29, 0.717) is 13.0 Å². The van der Waals surface area contributed by atoms with Crippen molar-refractivity contribution in [2.24, 2.45) is 0 Å². The summed E-state index contributed by atoms with van der Waals surface area (Å²) >= 11 is 0. The summed E-state index contributed by atoms with van der Waals surface area (Å²) in [4.78, 5) is 10.7. The van der Waals surface area contributed by atoms with Crippen LogP contribution in [0.15, 0.2) is 60.8 Å². The molecule has 0 aromatic heterocycles. The molecule has 152 valence electrons. The molecule has 28 heavy (non-hydrogen) atoms. The Morgan fingerprint density at radius 1 is 0.786 bits per heavy atom. The van der Waals surface area contributed by atoms with E-state index in [-0.39, 0.29) is 29.6 Å². The minimum absolute atomic E-state index is 0. The molecule has 4 heteroatoms. The normalized spacial score (nSPS) is 13.4. The van der Waals surface area contributed by atoms with Crippen molar-refractivity contribution in [3.63, 3.8) is 0 Å². The van der Waals surface area contributed by atoms with Gasteiger partial charge in [-0.25, -0.2) is 0 Å². The number of allylic oxidation sites excluding steroid dienone is 10. The van der Waals surface area contributed by atoms with E-state index in [9.17, 15) is 9.90 Å². The van der Waals surface area contributed by atoms with Gasteiger partial charge in [0.2, 0.25) is 0 Å². The van der Waals surface area contributed by atoms with Crippen LogP contribution in [0.25, 0.3) is 0 Å². The molecule has 0 fully saturated rings. The Morgan fingerprint density at radius 3 is 1.68 bits per heavy atom. The van der Waals surface area contributed by atoms with Gasteiger partial charge in [0.15, 0.2) is 0 Å². The van der Waals surface area contributed by atoms with Crippen molar-refractivity contribution < 1.29 is 44.2 Å². The zero-order valence-electron chi connectivity index (χ0n) is 18.1. The van der Waals surface area contributed by atoms with Crippen molar-refractivity contribution in [2.75, 3.05) is 6.61 Å². The van der Waals surface area contributed by atoms with Gasteiger partial charge in [0.1, 0.15) is 0 Å². The number of unbranched alkanes of at least 4 members (excludes halogenated alkanes) is 2. The Labute approximate surface area is 194 Å². The minimum atomic E-state index is -1.12. The molecule has 3 nitrogen and oxygen atoms in total. The van der Waals surface area contributed by atoms with Gasteiger partial charge in [0.05, 0.1) is 12.1 Å². The Kier molecular flexibility index (Phi) is 25.3. The third-order valence-corrected chi connectivity index (χ3v) is 3.88. The molecule has 1 atom stereocenters. The second-order valence-electron chi connectivity index (χ2n) is 6.29. The molecular weight excluding hydrogens is 359 g/mol. The number of aliphatic carboxylic acids is 1. The van der Waals surface area contributed by atoms with E-state index in [1.807, 2.05) is 0 Å². The fourth-order valence-electron chi connectivity index (χ4n) is 2.31. The molecule has 0 radical (unpaired) electrons. The number of ether oxygens (including phenoxy) is 1. The maximum atomic E-state index is 10.7. The van der Waals surface area contributed by atoms with Gasteiger partial charge in [-0.05, 0) is 57.8 Å². The van der Waals surface area contributed by atoms with Gasteiger partial charge in [0.25, 0.3) is 0 Å². The standard InChI is InChI=1S/C24H38O3.Na/c1-3-5-6-7-8-9-10-11-12-13-14-15-16-17-18-19-20-21-22-27-23(4-2)24(25)26;/h5-6,8-9,11-12,14-15,17-18,23H,3-4,7,10,13,16,19-22H2,1-2H3,(H,25,26);/q;+1/p-1. The smallest absolute Gasteiger partial charge is 0.547 e. The number of carboxylic acid groups (broad SMARTS) is 1. The third-order valence-electron chi connectivity index (χ3n) is 3.88. The molecule has 0 heterocycles. The Morgan fingerprint density at radius 2 is 1.25 bits per heavy atom. The number of carbonyl (C=O) groups is 1. The van der Waals surface area contributed by atoms with Crippen molar-refractivity contribution in [1.82, 2.24) is 0 Å². The number of rotatable bonds is 17. The van der Waals surface area contributed by atoms with Crippen LogP contribution < -0.4 is 34.7 Å². The van der Waals surface area contributed by atoms with Crippen molar-refractivity contribution in [3.05, 3.63) is 60.8 Å². The summed E-state index contributed by atoms with van der Waals surface area (Å²) in [5.41, 5.74) is 0. The molecule has 0 aromatic carbocycles. The van der Waals surface area contributed by atoms with Gasteiger partial charge in [-0.3, -0.25) is 0 Å². The van der Waals surface area contributed by atoms with E-state index in [0.717, 1.165) is 51.4 Å². The van der Waals surface area contributed by atoms with Crippen LogP contribution in [-0.4, -0.2) is 18.7 Å². The van der Waals surface area contributed by atoms with E-state index in [4.69, 9.17) is 4.74 Å². The summed E-state index contributed by atoms with van der Waals surface area (Å²) in [6.45, 7) is 4.42. The largest absolute Gasteiger partial charge is 1.00 e. The average Bonchev–Trinajstić information content (AvgIpc) is 2.66. The zero-order valence-corrected chi connectivity index (χ0v) is 20.1. The molecule has 0 bridgehead atoms.